The molecular weight excluding hydrogens is 365 g/mol. The van der Waals surface area contributed by atoms with Crippen molar-refractivity contribution >= 4 is 6.21 Å². The summed E-state index contributed by atoms with van der Waals surface area (Å²) < 4.78 is 65.8. The summed E-state index contributed by atoms with van der Waals surface area (Å²) in [6.07, 6.45) is 14.1. The number of nitrogens with zero attached hydrogens (tertiary/aromatic N) is 1. The van der Waals surface area contributed by atoms with E-state index in [9.17, 15) is 22.0 Å². The Hall–Kier alpha value is -1.66. The van der Waals surface area contributed by atoms with Gasteiger partial charge >= 0.3 is 0 Å². The number of oxime groups is 1. The molecule has 0 spiro atoms. The van der Waals surface area contributed by atoms with E-state index in [1.807, 2.05) is 0 Å². The molecule has 0 radical (unpaired) electrons. The quantitative estimate of drug-likeness (QED) is 0.0818. The maximum absolute atomic E-state index is 13.4. The molecule has 0 unspecified atom stereocenters. The summed E-state index contributed by atoms with van der Waals surface area (Å²) in [6.45, 7) is 1.38. The van der Waals surface area contributed by atoms with E-state index in [1.54, 1.807) is 0 Å². The van der Waals surface area contributed by atoms with Crippen molar-refractivity contribution in [2.24, 2.45) is 5.16 Å². The zero-order chi connectivity index (χ0) is 20.1. The Kier molecular flexibility index (Phi) is 11.7. The van der Waals surface area contributed by atoms with Crippen molar-refractivity contribution in [1.29, 1.82) is 0 Å². The van der Waals surface area contributed by atoms with E-state index in [1.165, 1.54) is 51.2 Å². The number of halogens is 5. The van der Waals surface area contributed by atoms with Crippen molar-refractivity contribution < 1.29 is 26.8 Å². The third kappa shape index (κ3) is 8.26. The second-order valence-electron chi connectivity index (χ2n) is 6.58. The van der Waals surface area contributed by atoms with Crippen LogP contribution in [0.3, 0.4) is 0 Å². The minimum Gasteiger partial charge on any atom is -0.391 e. The van der Waals surface area contributed by atoms with Gasteiger partial charge in [0.25, 0.3) is 0 Å². The number of hydrogen-bond acceptors (Lipinski definition) is 2. The molecule has 0 fully saturated rings. The molecule has 0 aliphatic rings. The fourth-order valence-corrected chi connectivity index (χ4v) is 2.71. The number of unbranched alkanes of at least 4 members (excludes halogenated alkanes) is 10. The molecule has 0 aromatic heterocycles. The molecule has 0 bridgehead atoms. The molecule has 27 heavy (non-hydrogen) atoms. The molecule has 7 heteroatoms. The van der Waals surface area contributed by atoms with Gasteiger partial charge in [-0.2, -0.15) is 0 Å². The highest BCUT2D eigenvalue weighted by molar-refractivity contribution is 5.56. The van der Waals surface area contributed by atoms with Gasteiger partial charge in [-0.25, -0.2) is 22.0 Å². The summed E-state index contributed by atoms with van der Waals surface area (Å²) in [5.41, 5.74) is -1.03. The van der Waals surface area contributed by atoms with Gasteiger partial charge in [0, 0.05) is 6.21 Å². The first-order chi connectivity index (χ1) is 13.0. The van der Waals surface area contributed by atoms with Gasteiger partial charge in [-0.1, -0.05) is 69.9 Å². The number of benzene rings is 1. The Bertz CT molecular complexity index is 563. The summed E-state index contributed by atoms with van der Waals surface area (Å²) in [6, 6.07) is 0. The molecule has 0 aliphatic carbocycles. The van der Waals surface area contributed by atoms with Gasteiger partial charge in [0.1, 0.15) is 6.61 Å². The number of rotatable bonds is 14. The third-order valence-electron chi connectivity index (χ3n) is 4.35. The molecule has 1 rings (SSSR count). The lowest BCUT2D eigenvalue weighted by Gasteiger charge is -2.06. The van der Waals surface area contributed by atoms with Crippen LogP contribution in [0.4, 0.5) is 22.0 Å². The predicted octanol–water partition coefficient (Wildman–Crippen LogP) is 7.20. The second-order valence-corrected chi connectivity index (χ2v) is 6.58. The topological polar surface area (TPSA) is 21.6 Å². The van der Waals surface area contributed by atoms with E-state index >= 15 is 0 Å². The zero-order valence-electron chi connectivity index (χ0n) is 15.8. The van der Waals surface area contributed by atoms with E-state index in [2.05, 4.69) is 16.9 Å². The summed E-state index contributed by atoms with van der Waals surface area (Å²) in [5.74, 6) is -9.94. The predicted molar refractivity (Wildman–Crippen MR) is 96.0 cm³/mol. The van der Waals surface area contributed by atoms with E-state index in [0.29, 0.717) is 6.42 Å². The largest absolute Gasteiger partial charge is 0.391 e. The molecule has 0 amide bonds. The standard InChI is InChI=1S/C20H28F5NO/c1-2-3-4-5-6-7-8-9-10-11-12-13-26-27-14-15-16(21)18(23)20(25)19(24)17(15)22/h13H,2-12,14H2,1H3. The van der Waals surface area contributed by atoms with E-state index < -0.39 is 41.3 Å². The van der Waals surface area contributed by atoms with Crippen molar-refractivity contribution in [3.8, 4) is 0 Å². The molecule has 1 aromatic rings. The van der Waals surface area contributed by atoms with Gasteiger partial charge in [0.05, 0.1) is 5.56 Å². The monoisotopic (exact) mass is 393 g/mol. The molecule has 0 saturated carbocycles. The Morgan fingerprint density at radius 1 is 0.667 bits per heavy atom. The summed E-state index contributed by atoms with van der Waals surface area (Å²) in [4.78, 5) is 4.66. The van der Waals surface area contributed by atoms with Gasteiger partial charge in [0.2, 0.25) is 5.82 Å². The zero-order valence-corrected chi connectivity index (χ0v) is 15.8. The minimum atomic E-state index is -2.18. The molecule has 2 nitrogen and oxygen atoms in total. The lowest BCUT2D eigenvalue weighted by atomic mass is 10.1. The van der Waals surface area contributed by atoms with Crippen LogP contribution in [-0.4, -0.2) is 6.21 Å². The van der Waals surface area contributed by atoms with Crippen LogP contribution < -0.4 is 0 Å². The normalized spacial score (nSPS) is 11.5. The second kappa shape index (κ2) is 13.5. The van der Waals surface area contributed by atoms with E-state index in [4.69, 9.17) is 0 Å². The average molecular weight is 393 g/mol. The Labute approximate surface area is 157 Å². The van der Waals surface area contributed by atoms with Crippen LogP contribution in [0.1, 0.15) is 83.1 Å². The van der Waals surface area contributed by atoms with Gasteiger partial charge in [0.15, 0.2) is 23.3 Å². The molecule has 0 saturated heterocycles. The lowest BCUT2D eigenvalue weighted by Crippen LogP contribution is -2.07. The van der Waals surface area contributed by atoms with E-state index in [0.717, 1.165) is 19.3 Å². The molecule has 0 atom stereocenters. The summed E-state index contributed by atoms with van der Waals surface area (Å²) >= 11 is 0. The van der Waals surface area contributed by atoms with Crippen molar-refractivity contribution in [1.82, 2.24) is 0 Å². The summed E-state index contributed by atoms with van der Waals surface area (Å²) in [7, 11) is 0. The minimum absolute atomic E-state index is 0.633. The first kappa shape index (κ1) is 23.4. The Balaban J connectivity index is 2.14. The van der Waals surface area contributed by atoms with Gasteiger partial charge in [-0.15, -0.1) is 0 Å². The Morgan fingerprint density at radius 3 is 1.63 bits per heavy atom. The van der Waals surface area contributed by atoms with Crippen LogP contribution in [0.5, 0.6) is 0 Å². The fourth-order valence-electron chi connectivity index (χ4n) is 2.71. The van der Waals surface area contributed by atoms with Crippen molar-refractivity contribution in [2.45, 2.75) is 84.2 Å². The van der Waals surface area contributed by atoms with Gasteiger partial charge in [-0.3, -0.25) is 0 Å². The lowest BCUT2D eigenvalue weighted by molar-refractivity contribution is 0.124. The van der Waals surface area contributed by atoms with Gasteiger partial charge < -0.3 is 4.84 Å². The molecule has 0 aliphatic heterocycles. The Morgan fingerprint density at radius 2 is 1.11 bits per heavy atom. The van der Waals surface area contributed by atoms with Crippen molar-refractivity contribution in [3.05, 3.63) is 34.6 Å². The van der Waals surface area contributed by atoms with Crippen molar-refractivity contribution in [3.63, 3.8) is 0 Å². The third-order valence-corrected chi connectivity index (χ3v) is 4.35. The van der Waals surface area contributed by atoms with Crippen LogP contribution in [0.25, 0.3) is 0 Å². The highest BCUT2D eigenvalue weighted by Crippen LogP contribution is 2.23. The SMILES string of the molecule is CCCCCCCCCCCCC=NOCc1c(F)c(F)c(F)c(F)c1F. The molecule has 0 N–H and O–H groups in total. The first-order valence-corrected chi connectivity index (χ1v) is 9.64. The fraction of sp³-hybridized carbons (Fsp3) is 0.650. The van der Waals surface area contributed by atoms with Crippen LogP contribution in [0.2, 0.25) is 0 Å². The maximum Gasteiger partial charge on any atom is 0.200 e. The average Bonchev–Trinajstić information content (AvgIpc) is 2.67. The van der Waals surface area contributed by atoms with Crippen LogP contribution in [0, 0.1) is 29.1 Å². The molecule has 154 valence electrons. The van der Waals surface area contributed by atoms with E-state index in [-0.39, 0.29) is 0 Å². The van der Waals surface area contributed by atoms with Crippen LogP contribution in [-0.2, 0) is 11.4 Å². The molecule has 1 aromatic carbocycles. The number of hydrogen-bond donors (Lipinski definition) is 0. The highest BCUT2D eigenvalue weighted by atomic mass is 19.2. The molecule has 0 heterocycles. The van der Waals surface area contributed by atoms with Gasteiger partial charge in [-0.05, 0) is 12.8 Å². The van der Waals surface area contributed by atoms with Crippen LogP contribution in [0.15, 0.2) is 5.16 Å². The van der Waals surface area contributed by atoms with Crippen molar-refractivity contribution in [2.75, 3.05) is 0 Å². The summed E-state index contributed by atoms with van der Waals surface area (Å²) in [5, 5.41) is 3.51. The molecular formula is C20H28F5NO. The maximum atomic E-state index is 13.4. The first-order valence-electron chi connectivity index (χ1n) is 9.64. The highest BCUT2D eigenvalue weighted by Gasteiger charge is 2.25. The van der Waals surface area contributed by atoms with Crippen LogP contribution >= 0.6 is 0 Å². The smallest absolute Gasteiger partial charge is 0.200 e.